The number of benzene rings is 2. The van der Waals surface area contributed by atoms with Gasteiger partial charge in [0.2, 0.25) is 5.91 Å². The summed E-state index contributed by atoms with van der Waals surface area (Å²) >= 11 is 0. The fraction of sp³-hybridized carbons (Fsp3) is 0.400. The highest BCUT2D eigenvalue weighted by atomic mass is 16.4. The number of nitrogens with one attached hydrogen (secondary N) is 1. The average Bonchev–Trinajstić information content (AvgIpc) is 2.80. The van der Waals surface area contributed by atoms with Crippen molar-refractivity contribution in [2.75, 3.05) is 13.1 Å². The van der Waals surface area contributed by atoms with E-state index in [1.54, 1.807) is 0 Å². The molecular weight excluding hydrogens is 408 g/mol. The highest BCUT2D eigenvalue weighted by Crippen LogP contribution is 2.20. The van der Waals surface area contributed by atoms with Gasteiger partial charge in [0, 0.05) is 19.0 Å². The van der Waals surface area contributed by atoms with Gasteiger partial charge in [0.25, 0.3) is 0 Å². The van der Waals surface area contributed by atoms with Crippen molar-refractivity contribution in [2.45, 2.75) is 46.2 Å². The Morgan fingerprint density at radius 1 is 0.875 bits per heavy atom. The van der Waals surface area contributed by atoms with Gasteiger partial charge in [-0.15, -0.1) is 0 Å². The lowest BCUT2D eigenvalue weighted by atomic mass is 9.95. The molecule has 7 heteroatoms. The first-order valence-corrected chi connectivity index (χ1v) is 10.9. The van der Waals surface area contributed by atoms with E-state index in [4.69, 9.17) is 19.8 Å². The number of carbonyl (C=O) groups excluding carboxylic acids is 1. The highest BCUT2D eigenvalue weighted by molar-refractivity contribution is 6.27. The van der Waals surface area contributed by atoms with Gasteiger partial charge in [0.05, 0.1) is 0 Å². The van der Waals surface area contributed by atoms with Crippen molar-refractivity contribution < 1.29 is 24.6 Å². The zero-order chi connectivity index (χ0) is 23.5. The number of piperidine rings is 1. The van der Waals surface area contributed by atoms with Gasteiger partial charge in [-0.1, -0.05) is 61.0 Å². The van der Waals surface area contributed by atoms with Crippen LogP contribution in [0, 0.1) is 12.8 Å². The predicted octanol–water partition coefficient (Wildman–Crippen LogP) is 3.24. The van der Waals surface area contributed by atoms with Crippen molar-refractivity contribution in [1.29, 1.82) is 0 Å². The Labute approximate surface area is 189 Å². The van der Waals surface area contributed by atoms with E-state index in [0.717, 1.165) is 44.5 Å². The third-order valence-electron chi connectivity index (χ3n) is 5.57. The minimum atomic E-state index is -1.82. The molecule has 7 nitrogen and oxygen atoms in total. The normalized spacial score (nSPS) is 14.2. The molecule has 1 aliphatic rings. The molecule has 3 rings (SSSR count). The molecule has 0 aliphatic carbocycles. The molecule has 0 radical (unpaired) electrons. The van der Waals surface area contributed by atoms with Crippen molar-refractivity contribution in [1.82, 2.24) is 10.2 Å². The number of carboxylic acid groups (broad SMARTS) is 2. The molecule has 172 valence electrons. The summed E-state index contributed by atoms with van der Waals surface area (Å²) < 4.78 is 0. The molecule has 0 spiro atoms. The number of carbonyl (C=O) groups is 3. The number of likely N-dealkylation sites (tertiary alicyclic amines) is 1. The Balaban J connectivity index is 0.000000534. The SMILES string of the molecule is CCc1ccc(CN2CCC(C(=O)NCc3ccc(C)cc3)CC2)cc1.O=C(O)C(=O)O. The second kappa shape index (κ2) is 12.6. The van der Waals surface area contributed by atoms with Gasteiger partial charge < -0.3 is 15.5 Å². The van der Waals surface area contributed by atoms with E-state index < -0.39 is 11.9 Å². The van der Waals surface area contributed by atoms with Crippen LogP contribution in [0.2, 0.25) is 0 Å². The van der Waals surface area contributed by atoms with E-state index in [0.29, 0.717) is 6.54 Å². The van der Waals surface area contributed by atoms with E-state index in [1.807, 2.05) is 0 Å². The molecule has 0 bridgehead atoms. The molecule has 0 aromatic heterocycles. The molecule has 2 aromatic rings. The Bertz CT molecular complexity index is 874. The van der Waals surface area contributed by atoms with E-state index >= 15 is 0 Å². The Kier molecular flexibility index (Phi) is 9.88. The van der Waals surface area contributed by atoms with E-state index in [-0.39, 0.29) is 11.8 Å². The van der Waals surface area contributed by atoms with Crippen LogP contribution in [0.4, 0.5) is 0 Å². The fourth-order valence-corrected chi connectivity index (χ4v) is 3.53. The standard InChI is InChI=1S/C23H30N2O.C2H2O4/c1-3-19-8-10-21(11-9-19)17-25-14-12-22(13-15-25)23(26)24-16-20-6-4-18(2)5-7-20;3-1(4)2(5)6/h4-11,22H,3,12-17H2,1-2H3,(H,24,26);(H,3,4)(H,5,6). The molecule has 1 heterocycles. The maximum atomic E-state index is 12.4. The fourth-order valence-electron chi connectivity index (χ4n) is 3.53. The molecule has 3 N–H and O–H groups in total. The zero-order valence-corrected chi connectivity index (χ0v) is 18.7. The van der Waals surface area contributed by atoms with Crippen LogP contribution in [0.5, 0.6) is 0 Å². The second-order valence-corrected chi connectivity index (χ2v) is 8.03. The molecule has 0 atom stereocenters. The summed E-state index contributed by atoms with van der Waals surface area (Å²) in [4.78, 5) is 33.1. The molecule has 32 heavy (non-hydrogen) atoms. The third-order valence-corrected chi connectivity index (χ3v) is 5.57. The number of aryl methyl sites for hydroxylation is 2. The molecule has 0 unspecified atom stereocenters. The Morgan fingerprint density at radius 3 is 1.88 bits per heavy atom. The molecule has 1 saturated heterocycles. The van der Waals surface area contributed by atoms with Crippen LogP contribution < -0.4 is 5.32 Å². The number of hydrogen-bond donors (Lipinski definition) is 3. The van der Waals surface area contributed by atoms with Gasteiger partial charge in [-0.2, -0.15) is 0 Å². The van der Waals surface area contributed by atoms with Crippen molar-refractivity contribution >= 4 is 17.8 Å². The van der Waals surface area contributed by atoms with Crippen LogP contribution >= 0.6 is 0 Å². The summed E-state index contributed by atoms with van der Waals surface area (Å²) in [6, 6.07) is 17.3. The summed E-state index contributed by atoms with van der Waals surface area (Å²) in [7, 11) is 0. The van der Waals surface area contributed by atoms with Gasteiger partial charge in [0.1, 0.15) is 0 Å². The minimum absolute atomic E-state index is 0.152. The van der Waals surface area contributed by atoms with Gasteiger partial charge in [0.15, 0.2) is 0 Å². The van der Waals surface area contributed by atoms with Crippen LogP contribution in [0.3, 0.4) is 0 Å². The van der Waals surface area contributed by atoms with Gasteiger partial charge in [-0.3, -0.25) is 9.69 Å². The highest BCUT2D eigenvalue weighted by Gasteiger charge is 2.24. The third kappa shape index (κ3) is 8.51. The Morgan fingerprint density at radius 2 is 1.38 bits per heavy atom. The predicted molar refractivity (Wildman–Crippen MR) is 122 cm³/mol. The molecule has 2 aromatic carbocycles. The zero-order valence-electron chi connectivity index (χ0n) is 18.7. The van der Waals surface area contributed by atoms with Crippen molar-refractivity contribution in [3.8, 4) is 0 Å². The minimum Gasteiger partial charge on any atom is -0.473 e. The Hall–Kier alpha value is -3.19. The maximum Gasteiger partial charge on any atom is 0.414 e. The topological polar surface area (TPSA) is 107 Å². The van der Waals surface area contributed by atoms with Crippen LogP contribution in [-0.4, -0.2) is 46.0 Å². The lowest BCUT2D eigenvalue weighted by Crippen LogP contribution is -2.40. The van der Waals surface area contributed by atoms with E-state index in [2.05, 4.69) is 72.6 Å². The number of amides is 1. The molecular formula is C25H32N2O5. The lowest BCUT2D eigenvalue weighted by Gasteiger charge is -2.31. The largest absolute Gasteiger partial charge is 0.473 e. The van der Waals surface area contributed by atoms with Crippen molar-refractivity contribution in [3.63, 3.8) is 0 Å². The van der Waals surface area contributed by atoms with Gasteiger partial charge >= 0.3 is 11.9 Å². The summed E-state index contributed by atoms with van der Waals surface area (Å²) in [5.74, 6) is -3.29. The lowest BCUT2D eigenvalue weighted by molar-refractivity contribution is -0.159. The van der Waals surface area contributed by atoms with Crippen LogP contribution in [-0.2, 0) is 33.9 Å². The van der Waals surface area contributed by atoms with Gasteiger partial charge in [-0.05, 0) is 56.0 Å². The summed E-state index contributed by atoms with van der Waals surface area (Å²) in [5.41, 5.74) is 5.16. The van der Waals surface area contributed by atoms with Crippen LogP contribution in [0.1, 0.15) is 42.0 Å². The van der Waals surface area contributed by atoms with Crippen molar-refractivity contribution in [3.05, 3.63) is 70.8 Å². The van der Waals surface area contributed by atoms with Crippen LogP contribution in [0.25, 0.3) is 0 Å². The molecule has 1 amide bonds. The summed E-state index contributed by atoms with van der Waals surface area (Å²) in [6.07, 6.45) is 2.99. The summed E-state index contributed by atoms with van der Waals surface area (Å²) in [5, 5.41) is 17.9. The first-order chi connectivity index (χ1) is 15.3. The maximum absolute atomic E-state index is 12.4. The number of carboxylic acids is 2. The average molecular weight is 441 g/mol. The van der Waals surface area contributed by atoms with Crippen molar-refractivity contribution in [2.24, 2.45) is 5.92 Å². The first-order valence-electron chi connectivity index (χ1n) is 10.9. The summed E-state index contributed by atoms with van der Waals surface area (Å²) in [6.45, 7) is 7.87. The van der Waals surface area contributed by atoms with E-state index in [1.165, 1.54) is 16.7 Å². The monoisotopic (exact) mass is 440 g/mol. The first kappa shape index (κ1) is 25.1. The molecule has 0 saturated carbocycles. The van der Waals surface area contributed by atoms with Gasteiger partial charge in [-0.25, -0.2) is 9.59 Å². The second-order valence-electron chi connectivity index (χ2n) is 8.03. The number of hydrogen-bond acceptors (Lipinski definition) is 4. The van der Waals surface area contributed by atoms with E-state index in [9.17, 15) is 4.79 Å². The smallest absolute Gasteiger partial charge is 0.414 e. The number of nitrogens with zero attached hydrogens (tertiary/aromatic N) is 1. The molecule has 1 fully saturated rings. The number of rotatable bonds is 6. The number of aliphatic carboxylic acids is 2. The molecule has 1 aliphatic heterocycles. The van der Waals surface area contributed by atoms with Crippen LogP contribution in [0.15, 0.2) is 48.5 Å². The quantitative estimate of drug-likeness (QED) is 0.596.